The zero-order valence-electron chi connectivity index (χ0n) is 11.9. The Labute approximate surface area is 137 Å². The zero-order chi connectivity index (χ0) is 15.5. The Hall–Kier alpha value is -2.07. The summed E-state index contributed by atoms with van der Waals surface area (Å²) >= 11 is 0. The maximum atomic E-state index is 11.6. The van der Waals surface area contributed by atoms with Gasteiger partial charge in [0.05, 0.1) is 6.54 Å². The van der Waals surface area contributed by atoms with E-state index < -0.39 is 24.1 Å². The Morgan fingerprint density at radius 3 is 2.22 bits per heavy atom. The van der Waals surface area contributed by atoms with Crippen LogP contribution in [0.1, 0.15) is 14.9 Å². The average molecular weight is 335 g/mol. The molecule has 1 fully saturated rings. The van der Waals surface area contributed by atoms with Crippen LogP contribution in [-0.4, -0.2) is 70.7 Å². The second-order valence-corrected chi connectivity index (χ2v) is 4.14. The number of hydrogen-bond acceptors (Lipinski definition) is 7. The van der Waals surface area contributed by atoms with E-state index in [1.54, 1.807) is 0 Å². The van der Waals surface area contributed by atoms with Crippen molar-refractivity contribution in [2.45, 2.75) is 20.9 Å². The molecule has 1 aliphatic heterocycles. The van der Waals surface area contributed by atoms with Crippen LogP contribution in [0.4, 0.5) is 9.59 Å². The van der Waals surface area contributed by atoms with Crippen LogP contribution in [0.5, 0.6) is 0 Å². The minimum atomic E-state index is -0.939. The van der Waals surface area contributed by atoms with E-state index in [1.807, 2.05) is 0 Å². The van der Waals surface area contributed by atoms with Gasteiger partial charge in [-0.15, -0.1) is 0 Å². The Morgan fingerprint density at radius 2 is 1.65 bits per heavy atom. The van der Waals surface area contributed by atoms with Crippen LogP contribution in [-0.2, 0) is 14.3 Å². The van der Waals surface area contributed by atoms with Crippen LogP contribution in [0.25, 0.3) is 0 Å². The molecule has 1 heterocycles. The number of likely N-dealkylation sites (N-methyl/N-ethyl adjacent to an activating group) is 1. The Morgan fingerprint density at radius 1 is 1.09 bits per heavy atom. The molecule has 1 atom stereocenters. The van der Waals surface area contributed by atoms with Crippen molar-refractivity contribution in [3.8, 4) is 0 Å². The maximum absolute atomic E-state index is 11.6. The van der Waals surface area contributed by atoms with Crippen LogP contribution in [0, 0.1) is 0 Å². The molecule has 5 N–H and O–H groups in total. The number of rotatable bonds is 1. The molecule has 0 radical (unpaired) electrons. The third-order valence-electron chi connectivity index (χ3n) is 2.58. The summed E-state index contributed by atoms with van der Waals surface area (Å²) in [6.07, 6.45) is -1.40. The number of alkyl carbamates (subject to hydrolysis) is 2. The molecular weight excluding hydrogens is 306 g/mol. The quantitative estimate of drug-likeness (QED) is 0.414. The summed E-state index contributed by atoms with van der Waals surface area (Å²) in [4.78, 5) is 34.6. The SMILES string of the molecule is C.C.CNC(=O)C1CNC(=O)OCCNCNCCOC(=O)N1. The summed E-state index contributed by atoms with van der Waals surface area (Å²) in [5, 5.41) is 13.1. The number of hydrogen-bond donors (Lipinski definition) is 5. The van der Waals surface area contributed by atoms with Gasteiger partial charge in [-0.2, -0.15) is 0 Å². The van der Waals surface area contributed by atoms with Crippen molar-refractivity contribution in [3.63, 3.8) is 0 Å². The van der Waals surface area contributed by atoms with Crippen molar-refractivity contribution >= 4 is 18.1 Å². The number of carbonyl (C=O) groups is 3. The van der Waals surface area contributed by atoms with Gasteiger partial charge in [-0.05, 0) is 0 Å². The molecule has 1 rings (SSSR count). The van der Waals surface area contributed by atoms with Gasteiger partial charge in [-0.3, -0.25) is 4.79 Å². The molecule has 0 aromatic carbocycles. The first-order valence-electron chi connectivity index (χ1n) is 6.60. The number of cyclic esters (lactones) is 2. The molecule has 0 aromatic rings. The lowest BCUT2D eigenvalue weighted by atomic mass is 10.3. The van der Waals surface area contributed by atoms with E-state index in [1.165, 1.54) is 7.05 Å². The van der Waals surface area contributed by atoms with Crippen LogP contribution >= 0.6 is 0 Å². The molecule has 0 aliphatic carbocycles. The van der Waals surface area contributed by atoms with E-state index >= 15 is 0 Å². The second-order valence-electron chi connectivity index (χ2n) is 4.14. The summed E-state index contributed by atoms with van der Waals surface area (Å²) in [7, 11) is 1.43. The highest BCUT2D eigenvalue weighted by Gasteiger charge is 2.21. The van der Waals surface area contributed by atoms with Crippen molar-refractivity contribution in [2.24, 2.45) is 0 Å². The third kappa shape index (κ3) is 10.3. The Bertz CT molecular complexity index is 367. The van der Waals surface area contributed by atoms with Crippen molar-refractivity contribution in [1.82, 2.24) is 26.6 Å². The van der Waals surface area contributed by atoms with Crippen molar-refractivity contribution in [3.05, 3.63) is 0 Å². The van der Waals surface area contributed by atoms with Gasteiger partial charge in [0, 0.05) is 26.8 Å². The molecule has 10 heteroatoms. The smallest absolute Gasteiger partial charge is 0.407 e. The lowest BCUT2D eigenvalue weighted by molar-refractivity contribution is -0.122. The number of ether oxygens (including phenoxy) is 2. The number of nitrogens with one attached hydrogen (secondary N) is 5. The van der Waals surface area contributed by atoms with Gasteiger partial charge >= 0.3 is 12.2 Å². The van der Waals surface area contributed by atoms with Crippen LogP contribution < -0.4 is 26.6 Å². The molecule has 10 nitrogen and oxygen atoms in total. The van der Waals surface area contributed by atoms with E-state index in [2.05, 4.69) is 26.6 Å². The predicted octanol–water partition coefficient (Wildman–Crippen LogP) is -1.02. The highest BCUT2D eigenvalue weighted by molar-refractivity contribution is 5.86. The molecule has 1 saturated heterocycles. The molecule has 136 valence electrons. The minimum absolute atomic E-state index is 0. The largest absolute Gasteiger partial charge is 0.448 e. The summed E-state index contributed by atoms with van der Waals surface area (Å²) in [5.74, 6) is -0.448. The van der Waals surface area contributed by atoms with Crippen LogP contribution in [0.2, 0.25) is 0 Å². The van der Waals surface area contributed by atoms with Crippen molar-refractivity contribution in [2.75, 3.05) is 46.6 Å². The molecule has 0 bridgehead atoms. The predicted molar refractivity (Wildman–Crippen MR) is 86.0 cm³/mol. The second kappa shape index (κ2) is 13.6. The lowest BCUT2D eigenvalue weighted by Crippen LogP contribution is -2.52. The molecule has 0 aromatic heterocycles. The van der Waals surface area contributed by atoms with Crippen molar-refractivity contribution < 1.29 is 23.9 Å². The third-order valence-corrected chi connectivity index (χ3v) is 2.58. The summed E-state index contributed by atoms with van der Waals surface area (Å²) < 4.78 is 9.80. The Balaban J connectivity index is 0. The van der Waals surface area contributed by atoms with Gasteiger partial charge in [0.2, 0.25) is 5.91 Å². The fraction of sp³-hybridized carbons (Fsp3) is 0.769. The molecule has 3 amide bonds. The van der Waals surface area contributed by atoms with Gasteiger partial charge < -0.3 is 36.1 Å². The molecule has 23 heavy (non-hydrogen) atoms. The normalized spacial score (nSPS) is 20.5. The molecule has 1 aliphatic rings. The minimum Gasteiger partial charge on any atom is -0.448 e. The zero-order valence-corrected chi connectivity index (χ0v) is 11.9. The van der Waals surface area contributed by atoms with E-state index in [9.17, 15) is 14.4 Å². The van der Waals surface area contributed by atoms with Gasteiger partial charge in [-0.1, -0.05) is 14.9 Å². The van der Waals surface area contributed by atoms with Crippen molar-refractivity contribution in [1.29, 1.82) is 0 Å². The Kier molecular flexibility index (Phi) is 13.7. The number of amides is 3. The van der Waals surface area contributed by atoms with Gasteiger partial charge in [0.25, 0.3) is 0 Å². The van der Waals surface area contributed by atoms with Crippen LogP contribution in [0.15, 0.2) is 0 Å². The first-order valence-corrected chi connectivity index (χ1v) is 6.60. The van der Waals surface area contributed by atoms with E-state index in [0.717, 1.165) is 0 Å². The first kappa shape index (κ1) is 23.2. The topological polar surface area (TPSA) is 130 Å². The van der Waals surface area contributed by atoms with E-state index in [-0.39, 0.29) is 34.6 Å². The average Bonchev–Trinajstić information content (AvgIpc) is 2.48. The maximum Gasteiger partial charge on any atom is 0.407 e. The summed E-state index contributed by atoms with van der Waals surface area (Å²) in [5.41, 5.74) is 0. The first-order chi connectivity index (χ1) is 10.1. The molecular formula is C13H29N5O5. The highest BCUT2D eigenvalue weighted by Crippen LogP contribution is 1.88. The molecule has 1 unspecified atom stereocenters. The van der Waals surface area contributed by atoms with Gasteiger partial charge in [0.15, 0.2) is 0 Å². The summed E-state index contributed by atoms with van der Waals surface area (Å²) in [6.45, 7) is 1.70. The van der Waals surface area contributed by atoms with E-state index in [4.69, 9.17) is 9.47 Å². The standard InChI is InChI=1S/C11H21N5O5.2CH4/c1-12-9(17)8-6-15-10(18)20-4-2-13-7-14-3-5-21-11(19)16-8;;/h8,13-14H,2-7H2,1H3,(H,12,17)(H,15,18)(H,16,19);2*1H4. The molecule has 0 saturated carbocycles. The van der Waals surface area contributed by atoms with Crippen LogP contribution in [0.3, 0.4) is 0 Å². The van der Waals surface area contributed by atoms with Gasteiger partial charge in [0.1, 0.15) is 19.3 Å². The summed E-state index contributed by atoms with van der Waals surface area (Å²) in [6, 6.07) is -0.939. The fourth-order valence-electron chi connectivity index (χ4n) is 1.50. The number of carbonyl (C=O) groups excluding carboxylic acids is 3. The monoisotopic (exact) mass is 335 g/mol. The molecule has 0 spiro atoms. The fourth-order valence-corrected chi connectivity index (χ4v) is 1.50. The van der Waals surface area contributed by atoms with E-state index in [0.29, 0.717) is 19.8 Å². The lowest BCUT2D eigenvalue weighted by Gasteiger charge is -2.17. The van der Waals surface area contributed by atoms with Gasteiger partial charge in [-0.25, -0.2) is 9.59 Å². The highest BCUT2D eigenvalue weighted by atomic mass is 16.6.